The molecule has 0 fully saturated rings. The van der Waals surface area contributed by atoms with Crippen LogP contribution in [0.4, 0.5) is 0 Å². The van der Waals surface area contributed by atoms with Crippen molar-refractivity contribution >= 4 is 5.97 Å². The monoisotopic (exact) mass is 168 g/mol. The number of allylic oxidation sites excluding steroid dienone is 1. The van der Waals surface area contributed by atoms with Crippen molar-refractivity contribution in [2.75, 3.05) is 0 Å². The zero-order chi connectivity index (χ0) is 8.72. The molecular weight excluding hydrogens is 160 g/mol. The van der Waals surface area contributed by atoms with Gasteiger partial charge in [0.2, 0.25) is 6.29 Å². The molecule has 0 aromatic heterocycles. The van der Waals surface area contributed by atoms with Gasteiger partial charge in [-0.1, -0.05) is 6.08 Å². The third-order valence-electron chi connectivity index (χ3n) is 1.82. The molecule has 0 saturated heterocycles. The fourth-order valence-corrected chi connectivity index (χ4v) is 1.31. The summed E-state index contributed by atoms with van der Waals surface area (Å²) in [7, 11) is 0. The highest BCUT2D eigenvalue weighted by Gasteiger charge is 2.35. The SMILES string of the molecule is CC1OC2=C(O1)C(C(=O)O)C=C2. The van der Waals surface area contributed by atoms with Gasteiger partial charge in [-0.15, -0.1) is 0 Å². The van der Waals surface area contributed by atoms with Crippen LogP contribution in [0.3, 0.4) is 0 Å². The first-order valence-corrected chi connectivity index (χ1v) is 3.67. The lowest BCUT2D eigenvalue weighted by Crippen LogP contribution is -2.14. The second kappa shape index (κ2) is 2.27. The van der Waals surface area contributed by atoms with Crippen LogP contribution in [-0.4, -0.2) is 17.4 Å². The van der Waals surface area contributed by atoms with E-state index in [9.17, 15) is 4.79 Å². The lowest BCUT2D eigenvalue weighted by atomic mass is 10.1. The number of carbonyl (C=O) groups is 1. The van der Waals surface area contributed by atoms with Gasteiger partial charge in [0, 0.05) is 6.92 Å². The Hall–Kier alpha value is -1.45. The molecule has 4 heteroatoms. The van der Waals surface area contributed by atoms with E-state index in [1.54, 1.807) is 19.1 Å². The van der Waals surface area contributed by atoms with Gasteiger partial charge in [-0.25, -0.2) is 0 Å². The van der Waals surface area contributed by atoms with Gasteiger partial charge in [-0.05, 0) is 6.08 Å². The molecular formula is C8H8O4. The van der Waals surface area contributed by atoms with Crippen molar-refractivity contribution in [2.45, 2.75) is 13.2 Å². The number of hydrogen-bond acceptors (Lipinski definition) is 3. The van der Waals surface area contributed by atoms with Crippen molar-refractivity contribution in [1.29, 1.82) is 0 Å². The van der Waals surface area contributed by atoms with E-state index in [1.807, 2.05) is 0 Å². The molecule has 0 bridgehead atoms. The fourth-order valence-electron chi connectivity index (χ4n) is 1.31. The third-order valence-corrected chi connectivity index (χ3v) is 1.82. The van der Waals surface area contributed by atoms with E-state index < -0.39 is 11.9 Å². The summed E-state index contributed by atoms with van der Waals surface area (Å²) in [6.45, 7) is 1.73. The Balaban J connectivity index is 2.24. The topological polar surface area (TPSA) is 55.8 Å². The summed E-state index contributed by atoms with van der Waals surface area (Å²) in [6.07, 6.45) is 2.83. The van der Waals surface area contributed by atoms with Gasteiger partial charge in [-0.3, -0.25) is 4.79 Å². The van der Waals surface area contributed by atoms with Crippen molar-refractivity contribution in [3.8, 4) is 0 Å². The van der Waals surface area contributed by atoms with Gasteiger partial charge in [0.1, 0.15) is 5.92 Å². The van der Waals surface area contributed by atoms with E-state index >= 15 is 0 Å². The van der Waals surface area contributed by atoms with Crippen molar-refractivity contribution in [2.24, 2.45) is 5.92 Å². The Labute approximate surface area is 69.1 Å². The predicted molar refractivity (Wildman–Crippen MR) is 38.9 cm³/mol. The minimum Gasteiger partial charge on any atom is -0.480 e. The van der Waals surface area contributed by atoms with Gasteiger partial charge in [0.05, 0.1) is 0 Å². The summed E-state index contributed by atoms with van der Waals surface area (Å²) in [5.41, 5.74) is 0. The Bertz CT molecular complexity index is 289. The van der Waals surface area contributed by atoms with Crippen LogP contribution in [0.25, 0.3) is 0 Å². The average Bonchev–Trinajstić information content (AvgIpc) is 2.43. The van der Waals surface area contributed by atoms with Gasteiger partial charge in [0.25, 0.3) is 0 Å². The highest BCUT2D eigenvalue weighted by molar-refractivity contribution is 5.77. The van der Waals surface area contributed by atoms with Gasteiger partial charge in [0.15, 0.2) is 11.5 Å². The predicted octanol–water partition coefficient (Wildman–Crippen LogP) is 0.861. The van der Waals surface area contributed by atoms with E-state index in [4.69, 9.17) is 14.6 Å². The summed E-state index contributed by atoms with van der Waals surface area (Å²) in [6, 6.07) is 0. The molecule has 1 aliphatic carbocycles. The second-order valence-electron chi connectivity index (χ2n) is 2.71. The smallest absolute Gasteiger partial charge is 0.318 e. The normalized spacial score (nSPS) is 31.4. The van der Waals surface area contributed by atoms with Crippen LogP contribution in [0.5, 0.6) is 0 Å². The van der Waals surface area contributed by atoms with Crippen molar-refractivity contribution in [1.82, 2.24) is 0 Å². The van der Waals surface area contributed by atoms with Gasteiger partial charge < -0.3 is 14.6 Å². The quantitative estimate of drug-likeness (QED) is 0.630. The average molecular weight is 168 g/mol. The molecule has 2 rings (SSSR count). The maximum Gasteiger partial charge on any atom is 0.318 e. The molecule has 1 heterocycles. The molecule has 0 aromatic carbocycles. The zero-order valence-corrected chi connectivity index (χ0v) is 6.48. The van der Waals surface area contributed by atoms with Crippen LogP contribution in [0.2, 0.25) is 0 Å². The van der Waals surface area contributed by atoms with Crippen molar-refractivity contribution in [3.05, 3.63) is 23.7 Å². The number of carboxylic acid groups (broad SMARTS) is 1. The summed E-state index contributed by atoms with van der Waals surface area (Å²) < 4.78 is 10.3. The minimum atomic E-state index is -0.908. The fraction of sp³-hybridized carbons (Fsp3) is 0.375. The van der Waals surface area contributed by atoms with Crippen LogP contribution in [-0.2, 0) is 14.3 Å². The van der Waals surface area contributed by atoms with Crippen LogP contribution in [0.1, 0.15) is 6.92 Å². The minimum absolute atomic E-state index is 0.359. The largest absolute Gasteiger partial charge is 0.480 e. The molecule has 4 nitrogen and oxygen atoms in total. The molecule has 0 aromatic rings. The zero-order valence-electron chi connectivity index (χ0n) is 6.48. The number of ether oxygens (including phenoxy) is 2. The summed E-state index contributed by atoms with van der Waals surface area (Å²) in [5.74, 6) is -0.594. The molecule has 0 amide bonds. The molecule has 12 heavy (non-hydrogen) atoms. The first kappa shape index (κ1) is 7.21. The van der Waals surface area contributed by atoms with Gasteiger partial charge >= 0.3 is 5.97 Å². The standard InChI is InChI=1S/C8H8O4/c1-4-11-6-3-2-5(8(9)10)7(6)12-4/h2-5H,1H3,(H,9,10). The molecule has 1 N–H and O–H groups in total. The molecule has 0 saturated carbocycles. The van der Waals surface area contributed by atoms with E-state index in [-0.39, 0.29) is 6.29 Å². The molecule has 2 aliphatic rings. The van der Waals surface area contributed by atoms with E-state index in [0.29, 0.717) is 11.5 Å². The van der Waals surface area contributed by atoms with Crippen LogP contribution < -0.4 is 0 Å². The molecule has 0 radical (unpaired) electrons. The lowest BCUT2D eigenvalue weighted by molar-refractivity contribution is -0.140. The first-order valence-electron chi connectivity index (χ1n) is 3.67. The maximum absolute atomic E-state index is 10.6. The van der Waals surface area contributed by atoms with Crippen molar-refractivity contribution in [3.63, 3.8) is 0 Å². The summed E-state index contributed by atoms with van der Waals surface area (Å²) in [5, 5.41) is 8.73. The third kappa shape index (κ3) is 0.879. The van der Waals surface area contributed by atoms with Crippen LogP contribution in [0.15, 0.2) is 23.7 Å². The Morgan fingerprint density at radius 3 is 3.00 bits per heavy atom. The number of hydrogen-bond donors (Lipinski definition) is 1. The first-order chi connectivity index (χ1) is 5.68. The van der Waals surface area contributed by atoms with E-state index in [1.165, 1.54) is 0 Å². The number of rotatable bonds is 1. The lowest BCUT2D eigenvalue weighted by Gasteiger charge is -2.08. The highest BCUT2D eigenvalue weighted by Crippen LogP contribution is 2.34. The van der Waals surface area contributed by atoms with E-state index in [2.05, 4.69) is 0 Å². The maximum atomic E-state index is 10.6. The van der Waals surface area contributed by atoms with Gasteiger partial charge in [-0.2, -0.15) is 0 Å². The highest BCUT2D eigenvalue weighted by atomic mass is 16.7. The Kier molecular flexibility index (Phi) is 1.36. The summed E-state index contributed by atoms with van der Waals surface area (Å²) >= 11 is 0. The Morgan fingerprint density at radius 1 is 1.58 bits per heavy atom. The molecule has 0 spiro atoms. The van der Waals surface area contributed by atoms with E-state index in [0.717, 1.165) is 0 Å². The Morgan fingerprint density at radius 2 is 2.33 bits per heavy atom. The molecule has 2 atom stereocenters. The number of carboxylic acids is 1. The summed E-state index contributed by atoms with van der Waals surface area (Å²) in [4.78, 5) is 10.6. The molecule has 2 unspecified atom stereocenters. The molecule has 64 valence electrons. The number of aliphatic carboxylic acids is 1. The second-order valence-corrected chi connectivity index (χ2v) is 2.71. The van der Waals surface area contributed by atoms with Crippen molar-refractivity contribution < 1.29 is 19.4 Å². The van der Waals surface area contributed by atoms with Crippen LogP contribution >= 0.6 is 0 Å². The molecule has 1 aliphatic heterocycles. The van der Waals surface area contributed by atoms with Crippen LogP contribution in [0, 0.1) is 5.92 Å².